The molecule has 0 aromatic heterocycles. The maximum atomic E-state index is 5.95. The van der Waals surface area contributed by atoms with Crippen molar-refractivity contribution in [2.75, 3.05) is 13.2 Å². The molecule has 2 aliphatic rings. The van der Waals surface area contributed by atoms with E-state index in [0.717, 1.165) is 25.0 Å². The topological polar surface area (TPSA) is 18.5 Å². The highest BCUT2D eigenvalue weighted by Crippen LogP contribution is 2.34. The van der Waals surface area contributed by atoms with Crippen LogP contribution in [0.3, 0.4) is 0 Å². The molecule has 1 aromatic rings. The average molecular weight is 415 g/mol. The molecule has 0 amide bonds. The number of hydrogen-bond donors (Lipinski definition) is 0. The minimum atomic E-state index is -0.163. The van der Waals surface area contributed by atoms with E-state index in [-0.39, 0.29) is 6.29 Å². The predicted octanol–water partition coefficient (Wildman–Crippen LogP) is 8.25. The number of ether oxygens (including phenoxy) is 2. The van der Waals surface area contributed by atoms with Crippen molar-refractivity contribution < 1.29 is 9.47 Å². The van der Waals surface area contributed by atoms with Gasteiger partial charge in [-0.25, -0.2) is 0 Å². The van der Waals surface area contributed by atoms with Crippen molar-refractivity contribution in [1.29, 1.82) is 0 Å². The second-order valence-corrected chi connectivity index (χ2v) is 10.0. The summed E-state index contributed by atoms with van der Waals surface area (Å²) in [6.45, 7) is 6.21. The molecule has 1 aliphatic carbocycles. The maximum Gasteiger partial charge on any atom is 0.183 e. The molecule has 3 rings (SSSR count). The molecule has 2 heteroatoms. The summed E-state index contributed by atoms with van der Waals surface area (Å²) in [4.78, 5) is 0. The van der Waals surface area contributed by atoms with Crippen molar-refractivity contribution in [3.05, 3.63) is 35.4 Å². The molecule has 30 heavy (non-hydrogen) atoms. The van der Waals surface area contributed by atoms with Crippen LogP contribution in [0.25, 0.3) is 0 Å². The zero-order valence-corrected chi connectivity index (χ0v) is 19.7. The molecule has 1 aromatic carbocycles. The van der Waals surface area contributed by atoms with Crippen molar-refractivity contribution >= 4 is 0 Å². The van der Waals surface area contributed by atoms with Crippen molar-refractivity contribution in [2.45, 2.75) is 110 Å². The molecule has 2 fully saturated rings. The Morgan fingerprint density at radius 2 is 1.27 bits per heavy atom. The minimum absolute atomic E-state index is 0.163. The fourth-order valence-electron chi connectivity index (χ4n) is 5.41. The lowest BCUT2D eigenvalue weighted by molar-refractivity contribution is -0.206. The average Bonchev–Trinajstić information content (AvgIpc) is 2.79. The second kappa shape index (κ2) is 13.5. The summed E-state index contributed by atoms with van der Waals surface area (Å²) in [5, 5.41) is 0. The summed E-state index contributed by atoms with van der Waals surface area (Å²) in [5.41, 5.74) is 2.63. The van der Waals surface area contributed by atoms with Crippen molar-refractivity contribution in [2.24, 2.45) is 17.8 Å². The first kappa shape index (κ1) is 23.8. The van der Waals surface area contributed by atoms with Gasteiger partial charge in [0.05, 0.1) is 13.2 Å². The highest BCUT2D eigenvalue weighted by molar-refractivity contribution is 5.23. The number of aryl methyl sites for hydroxylation is 1. The van der Waals surface area contributed by atoms with Gasteiger partial charge in [-0.1, -0.05) is 109 Å². The first-order chi connectivity index (χ1) is 14.8. The summed E-state index contributed by atoms with van der Waals surface area (Å²) in [6, 6.07) is 8.98. The summed E-state index contributed by atoms with van der Waals surface area (Å²) in [5.74, 6) is 2.62. The Hall–Kier alpha value is -0.860. The lowest BCUT2D eigenvalue weighted by Gasteiger charge is -2.29. The molecule has 0 unspecified atom stereocenters. The molecule has 1 aliphatic heterocycles. The molecule has 0 spiro atoms. The van der Waals surface area contributed by atoms with Gasteiger partial charge in [-0.05, 0) is 36.7 Å². The van der Waals surface area contributed by atoms with Gasteiger partial charge in [0, 0.05) is 11.5 Å². The molecule has 1 saturated heterocycles. The van der Waals surface area contributed by atoms with E-state index >= 15 is 0 Å². The SMILES string of the molecule is CCCCCC1CCC(CCCCc2ccc(C3OCC(CCC)CO3)cc2)CC1. The van der Waals surface area contributed by atoms with Crippen molar-refractivity contribution in [3.8, 4) is 0 Å². The van der Waals surface area contributed by atoms with Crippen LogP contribution in [0.4, 0.5) is 0 Å². The zero-order chi connectivity index (χ0) is 21.0. The Morgan fingerprint density at radius 1 is 0.667 bits per heavy atom. The lowest BCUT2D eigenvalue weighted by atomic mass is 9.78. The Labute approximate surface area is 186 Å². The van der Waals surface area contributed by atoms with Crippen LogP contribution in [0.15, 0.2) is 24.3 Å². The molecule has 1 saturated carbocycles. The molecule has 1 heterocycles. The minimum Gasteiger partial charge on any atom is -0.348 e. The lowest BCUT2D eigenvalue weighted by Crippen LogP contribution is -2.26. The fraction of sp³-hybridized carbons (Fsp3) is 0.786. The third-order valence-electron chi connectivity index (χ3n) is 7.43. The largest absolute Gasteiger partial charge is 0.348 e. The van der Waals surface area contributed by atoms with Crippen LogP contribution < -0.4 is 0 Å². The fourth-order valence-corrected chi connectivity index (χ4v) is 5.41. The standard InChI is InChI=1S/C28H46O2/c1-3-5-6-10-23-13-15-24(16-14-23)11-7-8-12-25-17-19-27(20-18-25)28-29-21-26(9-4-2)22-30-28/h17-20,23-24,26,28H,3-16,21-22H2,1-2H3. The van der Waals surface area contributed by atoms with Gasteiger partial charge in [-0.2, -0.15) is 0 Å². The first-order valence-electron chi connectivity index (χ1n) is 13.1. The van der Waals surface area contributed by atoms with Gasteiger partial charge in [0.1, 0.15) is 0 Å². The summed E-state index contributed by atoms with van der Waals surface area (Å²) >= 11 is 0. The van der Waals surface area contributed by atoms with Gasteiger partial charge in [0.2, 0.25) is 0 Å². The van der Waals surface area contributed by atoms with E-state index in [1.54, 1.807) is 0 Å². The molecule has 0 atom stereocenters. The van der Waals surface area contributed by atoms with E-state index in [2.05, 4.69) is 38.1 Å². The van der Waals surface area contributed by atoms with E-state index in [1.165, 1.54) is 101 Å². The van der Waals surface area contributed by atoms with Crippen molar-refractivity contribution in [3.63, 3.8) is 0 Å². The monoisotopic (exact) mass is 414 g/mol. The van der Waals surface area contributed by atoms with Crippen LogP contribution in [0.2, 0.25) is 0 Å². The number of hydrogen-bond acceptors (Lipinski definition) is 2. The Bertz CT molecular complexity index is 551. The normalized spacial score (nSPS) is 27.3. The first-order valence-corrected chi connectivity index (χ1v) is 13.1. The van der Waals surface area contributed by atoms with E-state index in [4.69, 9.17) is 9.47 Å². The molecule has 0 radical (unpaired) electrons. The van der Waals surface area contributed by atoms with Crippen LogP contribution >= 0.6 is 0 Å². The van der Waals surface area contributed by atoms with Gasteiger partial charge in [-0.3, -0.25) is 0 Å². The highest BCUT2D eigenvalue weighted by atomic mass is 16.7. The van der Waals surface area contributed by atoms with Gasteiger partial charge >= 0.3 is 0 Å². The molecular formula is C28H46O2. The van der Waals surface area contributed by atoms with Gasteiger partial charge < -0.3 is 9.47 Å². The van der Waals surface area contributed by atoms with Gasteiger partial charge in [0.25, 0.3) is 0 Å². The highest BCUT2D eigenvalue weighted by Gasteiger charge is 2.23. The zero-order valence-electron chi connectivity index (χ0n) is 19.7. The second-order valence-electron chi connectivity index (χ2n) is 10.0. The van der Waals surface area contributed by atoms with E-state index in [0.29, 0.717) is 5.92 Å². The smallest absolute Gasteiger partial charge is 0.183 e. The Morgan fingerprint density at radius 3 is 1.83 bits per heavy atom. The Balaban J connectivity index is 1.27. The van der Waals surface area contributed by atoms with Crippen LogP contribution in [0.1, 0.15) is 115 Å². The van der Waals surface area contributed by atoms with Crippen LogP contribution in [-0.2, 0) is 15.9 Å². The van der Waals surface area contributed by atoms with Crippen LogP contribution in [0.5, 0.6) is 0 Å². The molecular weight excluding hydrogens is 368 g/mol. The Kier molecular flexibility index (Phi) is 10.7. The van der Waals surface area contributed by atoms with E-state index < -0.39 is 0 Å². The summed E-state index contributed by atoms with van der Waals surface area (Å²) in [6.07, 6.45) is 19.3. The van der Waals surface area contributed by atoms with E-state index in [9.17, 15) is 0 Å². The van der Waals surface area contributed by atoms with Crippen molar-refractivity contribution in [1.82, 2.24) is 0 Å². The van der Waals surface area contributed by atoms with Gasteiger partial charge in [-0.15, -0.1) is 0 Å². The number of rotatable bonds is 12. The molecule has 170 valence electrons. The molecule has 0 bridgehead atoms. The molecule has 2 nitrogen and oxygen atoms in total. The van der Waals surface area contributed by atoms with Crippen LogP contribution in [-0.4, -0.2) is 13.2 Å². The third-order valence-corrected chi connectivity index (χ3v) is 7.43. The quantitative estimate of drug-likeness (QED) is 0.320. The molecule has 0 N–H and O–H groups in total. The summed E-state index contributed by atoms with van der Waals surface area (Å²) in [7, 11) is 0. The summed E-state index contributed by atoms with van der Waals surface area (Å²) < 4.78 is 11.9. The van der Waals surface area contributed by atoms with Gasteiger partial charge in [0.15, 0.2) is 6.29 Å². The maximum absolute atomic E-state index is 5.95. The third kappa shape index (κ3) is 8.00. The predicted molar refractivity (Wildman–Crippen MR) is 127 cm³/mol. The number of unbranched alkanes of at least 4 members (excludes halogenated alkanes) is 3. The van der Waals surface area contributed by atoms with Crippen LogP contribution in [0, 0.1) is 17.8 Å². The number of benzene rings is 1. The van der Waals surface area contributed by atoms with E-state index in [1.807, 2.05) is 0 Å².